The third-order valence-corrected chi connectivity index (χ3v) is 10.3. The topological polar surface area (TPSA) is 32.3 Å². The molecular formula is C40H42N4. The minimum Gasteiger partial charge on any atom is -0.301 e. The molecule has 4 aromatic carbocycles. The minimum atomic E-state index is -0.0479. The monoisotopic (exact) mass is 578 g/mol. The maximum atomic E-state index is 5.64. The predicted molar refractivity (Wildman–Crippen MR) is 184 cm³/mol. The van der Waals surface area contributed by atoms with Crippen LogP contribution in [0.5, 0.6) is 0 Å². The summed E-state index contributed by atoms with van der Waals surface area (Å²) in [5.74, 6) is 2.84. The van der Waals surface area contributed by atoms with Crippen LogP contribution in [0.15, 0.2) is 115 Å². The summed E-state index contributed by atoms with van der Waals surface area (Å²) in [5, 5.41) is 0. The van der Waals surface area contributed by atoms with Gasteiger partial charge in [-0.15, -0.1) is 0 Å². The molecule has 1 aromatic heterocycles. The van der Waals surface area contributed by atoms with E-state index in [1.54, 1.807) is 0 Å². The van der Waals surface area contributed by atoms with E-state index in [9.17, 15) is 0 Å². The fourth-order valence-electron chi connectivity index (χ4n) is 8.05. The van der Waals surface area contributed by atoms with Crippen molar-refractivity contribution in [1.29, 1.82) is 0 Å². The Morgan fingerprint density at radius 3 is 1.70 bits per heavy atom. The average molecular weight is 579 g/mol. The molecule has 4 nitrogen and oxygen atoms in total. The van der Waals surface area contributed by atoms with E-state index in [2.05, 4.69) is 153 Å². The number of nitrogens with zero attached hydrogens (tertiary/aromatic N) is 4. The Labute approximate surface area is 262 Å². The van der Waals surface area contributed by atoms with Crippen molar-refractivity contribution in [3.8, 4) is 22.5 Å². The van der Waals surface area contributed by atoms with Crippen LogP contribution in [0.3, 0.4) is 0 Å². The Bertz CT molecular complexity index is 1740. The molecule has 2 aliphatic rings. The second kappa shape index (κ2) is 11.6. The molecule has 0 saturated carbocycles. The number of anilines is 4. The molecule has 4 heteroatoms. The molecule has 0 bridgehead atoms. The highest BCUT2D eigenvalue weighted by Crippen LogP contribution is 2.61. The first-order valence-electron chi connectivity index (χ1n) is 16.4. The zero-order valence-corrected chi connectivity index (χ0v) is 26.3. The molecule has 4 atom stereocenters. The minimum absolute atomic E-state index is 0.0220. The molecule has 0 amide bonds. The van der Waals surface area contributed by atoms with Gasteiger partial charge in [0.15, 0.2) is 11.6 Å². The van der Waals surface area contributed by atoms with E-state index in [-0.39, 0.29) is 11.6 Å². The highest BCUT2D eigenvalue weighted by molar-refractivity contribution is 5.90. The van der Waals surface area contributed by atoms with Gasteiger partial charge in [0.05, 0.1) is 11.4 Å². The summed E-state index contributed by atoms with van der Waals surface area (Å²) in [6, 6.07) is 41.1. The fraction of sp³-hybridized carbons (Fsp3) is 0.300. The molecular weight excluding hydrogens is 536 g/mol. The smallest absolute Gasteiger partial charge is 0.179 e. The Morgan fingerprint density at radius 2 is 1.16 bits per heavy atom. The SMILES string of the molecule is CCCC1C(CC)c2ccccc2N2c3nc(-c4ccccc4)c(-c4ccccc4)nc3N(c3ccccc3)C2C1(C)CC. The summed E-state index contributed by atoms with van der Waals surface area (Å²) in [6.07, 6.45) is 4.54. The van der Waals surface area contributed by atoms with Gasteiger partial charge in [-0.05, 0) is 54.9 Å². The van der Waals surface area contributed by atoms with E-state index in [1.807, 2.05) is 0 Å². The normalized spacial score (nSPS) is 22.2. The first-order chi connectivity index (χ1) is 21.6. The van der Waals surface area contributed by atoms with Crippen LogP contribution >= 0.6 is 0 Å². The van der Waals surface area contributed by atoms with Crippen LogP contribution in [0.25, 0.3) is 22.5 Å². The van der Waals surface area contributed by atoms with Crippen LogP contribution in [-0.4, -0.2) is 16.1 Å². The summed E-state index contributed by atoms with van der Waals surface area (Å²) in [5.41, 5.74) is 7.80. The Morgan fingerprint density at radius 1 is 0.636 bits per heavy atom. The number of hydrogen-bond acceptors (Lipinski definition) is 4. The van der Waals surface area contributed by atoms with E-state index in [0.717, 1.165) is 59.1 Å². The third-order valence-electron chi connectivity index (χ3n) is 10.3. The molecule has 0 N–H and O–H groups in total. The van der Waals surface area contributed by atoms with E-state index < -0.39 is 0 Å². The second-order valence-electron chi connectivity index (χ2n) is 12.6. The van der Waals surface area contributed by atoms with Crippen molar-refractivity contribution in [2.24, 2.45) is 11.3 Å². The maximum Gasteiger partial charge on any atom is 0.179 e. The lowest BCUT2D eigenvalue weighted by Crippen LogP contribution is -2.53. The van der Waals surface area contributed by atoms with E-state index in [0.29, 0.717) is 11.8 Å². The standard InChI is InChI=1S/C40H42N4/c1-5-19-33-31(6-2)32-26-17-18-27-34(32)44-38-37(43(30-24-15-10-16-25-30)39(44)40(33,4)7-3)41-35(28-20-11-8-12-21-28)36(42-38)29-22-13-9-14-23-29/h8-18,20-27,31,33,39H,5-7,19H2,1-4H3. The number of benzene rings is 4. The molecule has 0 spiro atoms. The van der Waals surface area contributed by atoms with Gasteiger partial charge in [-0.3, -0.25) is 0 Å². The fourth-order valence-corrected chi connectivity index (χ4v) is 8.05. The van der Waals surface area contributed by atoms with Crippen molar-refractivity contribution in [2.75, 3.05) is 9.80 Å². The summed E-state index contributed by atoms with van der Waals surface area (Å²) < 4.78 is 0. The Kier molecular flexibility index (Phi) is 7.45. The second-order valence-corrected chi connectivity index (χ2v) is 12.6. The van der Waals surface area contributed by atoms with Gasteiger partial charge < -0.3 is 9.80 Å². The maximum absolute atomic E-state index is 5.64. The highest BCUT2D eigenvalue weighted by Gasteiger charge is 2.56. The summed E-state index contributed by atoms with van der Waals surface area (Å²) in [6.45, 7) is 9.65. The quantitative estimate of drug-likeness (QED) is 0.192. The number of rotatable bonds is 7. The van der Waals surface area contributed by atoms with Crippen LogP contribution in [0, 0.1) is 11.3 Å². The van der Waals surface area contributed by atoms with Crippen LogP contribution < -0.4 is 9.80 Å². The van der Waals surface area contributed by atoms with Gasteiger partial charge in [-0.1, -0.05) is 131 Å². The lowest BCUT2D eigenvalue weighted by atomic mass is 9.63. The van der Waals surface area contributed by atoms with E-state index >= 15 is 0 Å². The first-order valence-corrected chi connectivity index (χ1v) is 16.4. The van der Waals surface area contributed by atoms with Gasteiger partial charge in [-0.2, -0.15) is 0 Å². The zero-order chi connectivity index (χ0) is 30.3. The van der Waals surface area contributed by atoms with Crippen molar-refractivity contribution < 1.29 is 0 Å². The number of aromatic nitrogens is 2. The molecule has 7 rings (SSSR count). The van der Waals surface area contributed by atoms with Crippen molar-refractivity contribution in [2.45, 2.75) is 65.5 Å². The Hall–Kier alpha value is -4.44. The van der Waals surface area contributed by atoms with Gasteiger partial charge >= 0.3 is 0 Å². The Balaban J connectivity index is 1.59. The van der Waals surface area contributed by atoms with Crippen molar-refractivity contribution >= 4 is 23.0 Å². The molecule has 0 aliphatic carbocycles. The predicted octanol–water partition coefficient (Wildman–Crippen LogP) is 10.8. The van der Waals surface area contributed by atoms with Gasteiger partial charge in [0, 0.05) is 27.9 Å². The number of fused-ring (bicyclic) bond motifs is 5. The average Bonchev–Trinajstić information content (AvgIpc) is 3.39. The summed E-state index contributed by atoms with van der Waals surface area (Å²) >= 11 is 0. The molecule has 5 aromatic rings. The van der Waals surface area contributed by atoms with Gasteiger partial charge in [0.1, 0.15) is 6.17 Å². The zero-order valence-electron chi connectivity index (χ0n) is 26.3. The highest BCUT2D eigenvalue weighted by atomic mass is 15.5. The molecule has 44 heavy (non-hydrogen) atoms. The molecule has 2 aliphatic heterocycles. The van der Waals surface area contributed by atoms with Crippen molar-refractivity contribution in [1.82, 2.24) is 9.97 Å². The molecule has 3 heterocycles. The van der Waals surface area contributed by atoms with Crippen LogP contribution in [0.1, 0.15) is 64.9 Å². The van der Waals surface area contributed by atoms with Gasteiger partial charge in [0.2, 0.25) is 0 Å². The van der Waals surface area contributed by atoms with Crippen LogP contribution in [0.4, 0.5) is 23.0 Å². The summed E-state index contributed by atoms with van der Waals surface area (Å²) in [4.78, 5) is 16.3. The van der Waals surface area contributed by atoms with Crippen LogP contribution in [0.2, 0.25) is 0 Å². The van der Waals surface area contributed by atoms with Crippen LogP contribution in [-0.2, 0) is 0 Å². The molecule has 4 unspecified atom stereocenters. The largest absolute Gasteiger partial charge is 0.301 e. The lowest BCUT2D eigenvalue weighted by molar-refractivity contribution is 0.107. The summed E-state index contributed by atoms with van der Waals surface area (Å²) in [7, 11) is 0. The molecule has 222 valence electrons. The lowest BCUT2D eigenvalue weighted by Gasteiger charge is -2.48. The number of para-hydroxylation sites is 2. The van der Waals surface area contributed by atoms with Gasteiger partial charge in [0.25, 0.3) is 0 Å². The number of hydrogen-bond donors (Lipinski definition) is 0. The molecule has 0 saturated heterocycles. The third kappa shape index (κ3) is 4.42. The van der Waals surface area contributed by atoms with Crippen molar-refractivity contribution in [3.05, 3.63) is 121 Å². The first kappa shape index (κ1) is 28.3. The molecule has 0 radical (unpaired) electrons. The van der Waals surface area contributed by atoms with E-state index in [4.69, 9.17) is 9.97 Å². The molecule has 0 fully saturated rings. The van der Waals surface area contributed by atoms with Crippen molar-refractivity contribution in [3.63, 3.8) is 0 Å². The van der Waals surface area contributed by atoms with Gasteiger partial charge in [-0.25, -0.2) is 9.97 Å². The van der Waals surface area contributed by atoms with E-state index in [1.165, 1.54) is 17.7 Å².